The molecule has 0 fully saturated rings. The molecular weight excluding hydrogens is 206 g/mol. The van der Waals surface area contributed by atoms with Gasteiger partial charge in [-0.05, 0) is 43.5 Å². The summed E-state index contributed by atoms with van der Waals surface area (Å²) in [6.45, 7) is 6.22. The fourth-order valence-electron chi connectivity index (χ4n) is 2.09. The summed E-state index contributed by atoms with van der Waals surface area (Å²) in [6, 6.07) is 14.6. The summed E-state index contributed by atoms with van der Waals surface area (Å²) in [7, 11) is 0. The van der Waals surface area contributed by atoms with Gasteiger partial charge in [-0.25, -0.2) is 0 Å². The summed E-state index contributed by atoms with van der Waals surface area (Å²) in [5.74, 6) is 0. The van der Waals surface area contributed by atoms with Crippen molar-refractivity contribution in [3.8, 4) is 17.2 Å². The van der Waals surface area contributed by atoms with E-state index in [1.807, 2.05) is 19.1 Å². The highest BCUT2D eigenvalue weighted by atomic mass is 14.2. The van der Waals surface area contributed by atoms with Gasteiger partial charge < -0.3 is 0 Å². The number of aryl methyl sites for hydroxylation is 3. The highest BCUT2D eigenvalue weighted by molar-refractivity contribution is 5.74. The third-order valence-electron chi connectivity index (χ3n) is 2.97. The standard InChI is InChI=1S/C16H15N/c1-11-5-7-15(13(3)8-11)16-9-12(2)4-6-14(16)10-17/h4-9H,1-3H3. The molecule has 0 radical (unpaired) electrons. The first kappa shape index (κ1) is 11.4. The lowest BCUT2D eigenvalue weighted by Crippen LogP contribution is -1.89. The van der Waals surface area contributed by atoms with Crippen molar-refractivity contribution in [2.45, 2.75) is 20.8 Å². The van der Waals surface area contributed by atoms with Crippen LogP contribution in [0.15, 0.2) is 36.4 Å². The third kappa shape index (κ3) is 2.21. The van der Waals surface area contributed by atoms with E-state index in [4.69, 9.17) is 5.26 Å². The molecule has 1 nitrogen and oxygen atoms in total. The number of hydrogen-bond acceptors (Lipinski definition) is 1. The minimum Gasteiger partial charge on any atom is -0.192 e. The fourth-order valence-corrected chi connectivity index (χ4v) is 2.09. The number of rotatable bonds is 1. The molecule has 2 rings (SSSR count). The molecule has 0 atom stereocenters. The number of nitrogens with zero attached hydrogens (tertiary/aromatic N) is 1. The third-order valence-corrected chi connectivity index (χ3v) is 2.97. The lowest BCUT2D eigenvalue weighted by atomic mass is 9.94. The molecule has 2 aromatic carbocycles. The minimum atomic E-state index is 0.738. The maximum absolute atomic E-state index is 9.17. The van der Waals surface area contributed by atoms with E-state index in [-0.39, 0.29) is 0 Å². The first-order valence-corrected chi connectivity index (χ1v) is 5.70. The molecule has 0 saturated carbocycles. The van der Waals surface area contributed by atoms with Crippen LogP contribution in [0.4, 0.5) is 0 Å². The van der Waals surface area contributed by atoms with E-state index in [0.29, 0.717) is 0 Å². The second-order valence-corrected chi connectivity index (χ2v) is 4.48. The Morgan fingerprint density at radius 3 is 2.12 bits per heavy atom. The van der Waals surface area contributed by atoms with Crippen LogP contribution in [-0.4, -0.2) is 0 Å². The SMILES string of the molecule is Cc1ccc(-c2cc(C)ccc2C#N)c(C)c1. The number of nitriles is 1. The average molecular weight is 221 g/mol. The smallest absolute Gasteiger partial charge is 0.0998 e. The van der Waals surface area contributed by atoms with Crippen LogP contribution >= 0.6 is 0 Å². The second kappa shape index (κ2) is 4.43. The summed E-state index contributed by atoms with van der Waals surface area (Å²) in [5, 5.41) is 9.17. The molecule has 0 amide bonds. The van der Waals surface area contributed by atoms with Crippen molar-refractivity contribution < 1.29 is 0 Å². The molecule has 1 heteroatoms. The first-order chi connectivity index (χ1) is 8.11. The molecular formula is C16H15N. The van der Waals surface area contributed by atoms with Crippen molar-refractivity contribution in [1.82, 2.24) is 0 Å². The Balaban J connectivity index is 2.68. The quantitative estimate of drug-likeness (QED) is 0.709. The monoisotopic (exact) mass is 221 g/mol. The predicted molar refractivity (Wildman–Crippen MR) is 70.8 cm³/mol. The van der Waals surface area contributed by atoms with E-state index in [1.54, 1.807) is 0 Å². The van der Waals surface area contributed by atoms with Gasteiger partial charge in [0, 0.05) is 0 Å². The van der Waals surface area contributed by atoms with Gasteiger partial charge in [-0.15, -0.1) is 0 Å². The molecule has 0 unspecified atom stereocenters. The van der Waals surface area contributed by atoms with Crippen molar-refractivity contribution in [3.63, 3.8) is 0 Å². The van der Waals surface area contributed by atoms with Crippen molar-refractivity contribution in [1.29, 1.82) is 5.26 Å². The van der Waals surface area contributed by atoms with E-state index in [0.717, 1.165) is 16.7 Å². The Hall–Kier alpha value is -2.07. The first-order valence-electron chi connectivity index (χ1n) is 5.70. The van der Waals surface area contributed by atoms with Crippen LogP contribution in [0.3, 0.4) is 0 Å². The van der Waals surface area contributed by atoms with Gasteiger partial charge in [-0.1, -0.05) is 41.5 Å². The van der Waals surface area contributed by atoms with Crippen molar-refractivity contribution >= 4 is 0 Å². The Bertz CT molecular complexity index is 603. The maximum Gasteiger partial charge on any atom is 0.0998 e. The van der Waals surface area contributed by atoms with Gasteiger partial charge in [0.05, 0.1) is 11.6 Å². The van der Waals surface area contributed by atoms with Crippen LogP contribution in [0.5, 0.6) is 0 Å². The van der Waals surface area contributed by atoms with E-state index in [2.05, 4.69) is 44.2 Å². The van der Waals surface area contributed by atoms with Gasteiger partial charge in [0.2, 0.25) is 0 Å². The maximum atomic E-state index is 9.17. The van der Waals surface area contributed by atoms with Crippen LogP contribution in [0.1, 0.15) is 22.3 Å². The number of hydrogen-bond donors (Lipinski definition) is 0. The van der Waals surface area contributed by atoms with Gasteiger partial charge in [0.25, 0.3) is 0 Å². The second-order valence-electron chi connectivity index (χ2n) is 4.48. The zero-order valence-electron chi connectivity index (χ0n) is 10.4. The number of benzene rings is 2. The highest BCUT2D eigenvalue weighted by Crippen LogP contribution is 2.28. The molecule has 0 saturated heterocycles. The minimum absolute atomic E-state index is 0.738. The van der Waals surface area contributed by atoms with Crippen LogP contribution in [-0.2, 0) is 0 Å². The molecule has 0 aliphatic carbocycles. The Kier molecular flexibility index (Phi) is 2.97. The summed E-state index contributed by atoms with van der Waals surface area (Å²) < 4.78 is 0. The molecule has 0 bridgehead atoms. The van der Waals surface area contributed by atoms with Gasteiger partial charge in [-0.2, -0.15) is 5.26 Å². The molecule has 0 N–H and O–H groups in total. The van der Waals surface area contributed by atoms with Crippen LogP contribution in [0.2, 0.25) is 0 Å². The Labute approximate surface area is 102 Å². The van der Waals surface area contributed by atoms with E-state index in [1.165, 1.54) is 16.7 Å². The summed E-state index contributed by atoms with van der Waals surface area (Å²) in [4.78, 5) is 0. The zero-order valence-corrected chi connectivity index (χ0v) is 10.4. The van der Waals surface area contributed by atoms with E-state index < -0.39 is 0 Å². The summed E-state index contributed by atoms with van der Waals surface area (Å²) in [6.07, 6.45) is 0. The van der Waals surface area contributed by atoms with Gasteiger partial charge in [-0.3, -0.25) is 0 Å². The average Bonchev–Trinajstić information content (AvgIpc) is 2.29. The van der Waals surface area contributed by atoms with Crippen molar-refractivity contribution in [2.24, 2.45) is 0 Å². The topological polar surface area (TPSA) is 23.8 Å². The molecule has 0 aliphatic heterocycles. The normalized spacial score (nSPS) is 10.0. The molecule has 84 valence electrons. The zero-order chi connectivity index (χ0) is 12.4. The van der Waals surface area contributed by atoms with Gasteiger partial charge in [0.15, 0.2) is 0 Å². The van der Waals surface area contributed by atoms with Crippen LogP contribution in [0.25, 0.3) is 11.1 Å². The predicted octanol–water partition coefficient (Wildman–Crippen LogP) is 4.15. The Morgan fingerprint density at radius 2 is 1.47 bits per heavy atom. The molecule has 0 spiro atoms. The van der Waals surface area contributed by atoms with Crippen LogP contribution in [0, 0.1) is 32.1 Å². The summed E-state index contributed by atoms with van der Waals surface area (Å²) in [5.41, 5.74) is 6.56. The van der Waals surface area contributed by atoms with E-state index in [9.17, 15) is 0 Å². The summed E-state index contributed by atoms with van der Waals surface area (Å²) >= 11 is 0. The lowest BCUT2D eigenvalue weighted by Gasteiger charge is -2.09. The lowest BCUT2D eigenvalue weighted by molar-refractivity contribution is 1.36. The molecule has 17 heavy (non-hydrogen) atoms. The van der Waals surface area contributed by atoms with Gasteiger partial charge in [0.1, 0.15) is 0 Å². The molecule has 0 aromatic heterocycles. The molecule has 0 heterocycles. The largest absolute Gasteiger partial charge is 0.192 e. The van der Waals surface area contributed by atoms with Crippen molar-refractivity contribution in [3.05, 3.63) is 58.7 Å². The van der Waals surface area contributed by atoms with Crippen molar-refractivity contribution in [2.75, 3.05) is 0 Å². The molecule has 0 aliphatic rings. The molecule has 2 aromatic rings. The van der Waals surface area contributed by atoms with Gasteiger partial charge >= 0.3 is 0 Å². The highest BCUT2D eigenvalue weighted by Gasteiger charge is 2.07. The fraction of sp³-hybridized carbons (Fsp3) is 0.188. The van der Waals surface area contributed by atoms with E-state index >= 15 is 0 Å². The Morgan fingerprint density at radius 1 is 0.824 bits per heavy atom. The van der Waals surface area contributed by atoms with Crippen LogP contribution < -0.4 is 0 Å².